The van der Waals surface area contributed by atoms with Gasteiger partial charge in [0.25, 0.3) is 0 Å². The van der Waals surface area contributed by atoms with Crippen LogP contribution in [0.25, 0.3) is 0 Å². The van der Waals surface area contributed by atoms with Crippen molar-refractivity contribution in [2.45, 2.75) is 33.1 Å². The van der Waals surface area contributed by atoms with Crippen LogP contribution in [0.1, 0.15) is 33.1 Å². The van der Waals surface area contributed by atoms with E-state index >= 15 is 0 Å². The lowest BCUT2D eigenvalue weighted by Gasteiger charge is -2.10. The van der Waals surface area contributed by atoms with Crippen LogP contribution in [-0.4, -0.2) is 26.9 Å². The number of rotatable bonds is 8. The lowest BCUT2D eigenvalue weighted by atomic mass is 10.1. The molecule has 0 aromatic rings. The summed E-state index contributed by atoms with van der Waals surface area (Å²) < 4.78 is 10.4. The minimum Gasteiger partial charge on any atom is -0.385 e. The van der Waals surface area contributed by atoms with Crippen molar-refractivity contribution in [3.8, 4) is 0 Å². The van der Waals surface area contributed by atoms with Gasteiger partial charge in [0.05, 0.1) is 0 Å². The zero-order chi connectivity index (χ0) is 9.23. The van der Waals surface area contributed by atoms with Crippen molar-refractivity contribution in [2.24, 2.45) is 5.92 Å². The van der Waals surface area contributed by atoms with Crippen LogP contribution in [0, 0.1) is 5.92 Å². The molecule has 12 heavy (non-hydrogen) atoms. The highest BCUT2D eigenvalue weighted by Crippen LogP contribution is 2.05. The molecule has 0 saturated carbocycles. The molecule has 0 amide bonds. The number of hydrogen-bond donors (Lipinski definition) is 0. The van der Waals surface area contributed by atoms with Crippen LogP contribution < -0.4 is 0 Å². The molecule has 2 nitrogen and oxygen atoms in total. The molecule has 0 aliphatic rings. The van der Waals surface area contributed by atoms with E-state index in [2.05, 4.69) is 13.8 Å². The third kappa shape index (κ3) is 8.02. The van der Waals surface area contributed by atoms with Crippen molar-refractivity contribution in [3.05, 3.63) is 0 Å². The van der Waals surface area contributed by atoms with Gasteiger partial charge in [-0.15, -0.1) is 0 Å². The van der Waals surface area contributed by atoms with Gasteiger partial charge in [0.2, 0.25) is 0 Å². The summed E-state index contributed by atoms with van der Waals surface area (Å²) in [5.74, 6) is 0.673. The average Bonchev–Trinajstić information content (AvgIpc) is 2.06. The summed E-state index contributed by atoms with van der Waals surface area (Å²) in [5.41, 5.74) is 0. The molecule has 0 N–H and O–H groups in total. The molecule has 0 aromatic carbocycles. The quantitative estimate of drug-likeness (QED) is 0.526. The Labute approximate surface area is 76.3 Å². The summed E-state index contributed by atoms with van der Waals surface area (Å²) in [6.07, 6.45) is 3.47. The Kier molecular flexibility index (Phi) is 8.95. The van der Waals surface area contributed by atoms with Crippen molar-refractivity contribution in [1.29, 1.82) is 0 Å². The van der Waals surface area contributed by atoms with Crippen LogP contribution in [0.3, 0.4) is 0 Å². The normalized spacial score (nSPS) is 13.2. The van der Waals surface area contributed by atoms with Crippen LogP contribution >= 0.6 is 0 Å². The van der Waals surface area contributed by atoms with Crippen LogP contribution in [0.4, 0.5) is 0 Å². The van der Waals surface area contributed by atoms with Gasteiger partial charge in [0, 0.05) is 26.9 Å². The highest BCUT2D eigenvalue weighted by Gasteiger charge is 2.00. The van der Waals surface area contributed by atoms with Crippen molar-refractivity contribution < 1.29 is 9.47 Å². The molecular formula is C10H22O2. The molecular weight excluding hydrogens is 152 g/mol. The molecule has 1 atom stereocenters. The molecule has 0 bridgehead atoms. The van der Waals surface area contributed by atoms with E-state index in [0.717, 1.165) is 32.7 Å². The van der Waals surface area contributed by atoms with E-state index in [0.29, 0.717) is 5.92 Å². The van der Waals surface area contributed by atoms with E-state index in [9.17, 15) is 0 Å². The third-order valence-electron chi connectivity index (χ3n) is 1.80. The predicted molar refractivity (Wildman–Crippen MR) is 51.4 cm³/mol. The largest absolute Gasteiger partial charge is 0.385 e. The summed E-state index contributed by atoms with van der Waals surface area (Å²) in [7, 11) is 1.75. The molecule has 0 radical (unpaired) electrons. The van der Waals surface area contributed by atoms with Gasteiger partial charge >= 0.3 is 0 Å². The molecule has 1 unspecified atom stereocenters. The van der Waals surface area contributed by atoms with Crippen LogP contribution in [-0.2, 0) is 9.47 Å². The molecule has 0 aliphatic carbocycles. The molecule has 0 saturated heterocycles. The summed E-state index contributed by atoms with van der Waals surface area (Å²) in [5, 5.41) is 0. The molecule has 74 valence electrons. The summed E-state index contributed by atoms with van der Waals surface area (Å²) in [6.45, 7) is 7.03. The minimum atomic E-state index is 0.673. The first kappa shape index (κ1) is 11.9. The average molecular weight is 174 g/mol. The van der Waals surface area contributed by atoms with Crippen molar-refractivity contribution in [3.63, 3.8) is 0 Å². The molecule has 0 aromatic heterocycles. The molecule has 0 fully saturated rings. The van der Waals surface area contributed by atoms with Crippen molar-refractivity contribution in [1.82, 2.24) is 0 Å². The second kappa shape index (κ2) is 9.01. The Bertz CT molecular complexity index is 73.9. The predicted octanol–water partition coefficient (Wildman–Crippen LogP) is 2.48. The molecule has 0 spiro atoms. The maximum atomic E-state index is 5.43. The first-order valence-electron chi connectivity index (χ1n) is 4.88. The van der Waals surface area contributed by atoms with Gasteiger partial charge in [0.15, 0.2) is 0 Å². The fourth-order valence-electron chi connectivity index (χ4n) is 1.09. The monoisotopic (exact) mass is 174 g/mol. The van der Waals surface area contributed by atoms with Crippen molar-refractivity contribution >= 4 is 0 Å². The van der Waals surface area contributed by atoms with Gasteiger partial charge in [-0.1, -0.05) is 13.8 Å². The summed E-state index contributed by atoms with van der Waals surface area (Å²) in [6, 6.07) is 0. The Morgan fingerprint density at radius 1 is 1.25 bits per heavy atom. The lowest BCUT2D eigenvalue weighted by Crippen LogP contribution is -2.07. The third-order valence-corrected chi connectivity index (χ3v) is 1.80. The Balaban J connectivity index is 3.04. The first-order valence-corrected chi connectivity index (χ1v) is 4.88. The minimum absolute atomic E-state index is 0.673. The summed E-state index contributed by atoms with van der Waals surface area (Å²) in [4.78, 5) is 0. The van der Waals surface area contributed by atoms with Crippen LogP contribution in [0.2, 0.25) is 0 Å². The zero-order valence-electron chi connectivity index (χ0n) is 8.64. The van der Waals surface area contributed by atoms with E-state index < -0.39 is 0 Å². The fourth-order valence-corrected chi connectivity index (χ4v) is 1.09. The van der Waals surface area contributed by atoms with Gasteiger partial charge in [-0.05, 0) is 25.2 Å². The molecule has 0 rings (SSSR count). The van der Waals surface area contributed by atoms with Crippen LogP contribution in [0.15, 0.2) is 0 Å². The second-order valence-electron chi connectivity index (χ2n) is 3.32. The van der Waals surface area contributed by atoms with Gasteiger partial charge in [-0.25, -0.2) is 0 Å². The van der Waals surface area contributed by atoms with E-state index in [1.807, 2.05) is 0 Å². The van der Waals surface area contributed by atoms with E-state index in [-0.39, 0.29) is 0 Å². The summed E-state index contributed by atoms with van der Waals surface area (Å²) >= 11 is 0. The van der Waals surface area contributed by atoms with Gasteiger partial charge in [0.1, 0.15) is 0 Å². The van der Waals surface area contributed by atoms with E-state index in [4.69, 9.17) is 9.47 Å². The van der Waals surface area contributed by atoms with E-state index in [1.54, 1.807) is 7.11 Å². The Morgan fingerprint density at radius 2 is 2.00 bits per heavy atom. The number of methoxy groups -OCH3 is 1. The molecule has 0 heterocycles. The second-order valence-corrected chi connectivity index (χ2v) is 3.32. The van der Waals surface area contributed by atoms with E-state index in [1.165, 1.54) is 6.42 Å². The highest BCUT2D eigenvalue weighted by molar-refractivity contribution is 4.51. The maximum Gasteiger partial charge on any atom is 0.0491 e. The topological polar surface area (TPSA) is 18.5 Å². The highest BCUT2D eigenvalue weighted by atomic mass is 16.5. The standard InChI is InChI=1S/C10H22O2/c1-4-7-12-9-10(2)6-5-8-11-3/h10H,4-9H2,1-3H3. The fraction of sp³-hybridized carbons (Fsp3) is 1.00. The lowest BCUT2D eigenvalue weighted by molar-refractivity contribution is 0.0972. The van der Waals surface area contributed by atoms with Gasteiger partial charge in [-0.3, -0.25) is 0 Å². The smallest absolute Gasteiger partial charge is 0.0491 e. The van der Waals surface area contributed by atoms with Crippen LogP contribution in [0.5, 0.6) is 0 Å². The zero-order valence-corrected chi connectivity index (χ0v) is 8.64. The Hall–Kier alpha value is -0.0800. The SMILES string of the molecule is CCCOCC(C)CCCOC. The maximum absolute atomic E-state index is 5.43. The molecule has 2 heteroatoms. The number of hydrogen-bond acceptors (Lipinski definition) is 2. The van der Waals surface area contributed by atoms with Crippen molar-refractivity contribution in [2.75, 3.05) is 26.9 Å². The Morgan fingerprint density at radius 3 is 2.58 bits per heavy atom. The molecule has 0 aliphatic heterocycles. The number of ether oxygens (including phenoxy) is 2. The van der Waals surface area contributed by atoms with Gasteiger partial charge < -0.3 is 9.47 Å². The first-order chi connectivity index (χ1) is 5.81. The van der Waals surface area contributed by atoms with Gasteiger partial charge in [-0.2, -0.15) is 0 Å².